The van der Waals surface area contributed by atoms with E-state index < -0.39 is 32.9 Å². The first kappa shape index (κ1) is 36.0. The van der Waals surface area contributed by atoms with Crippen molar-refractivity contribution in [3.8, 4) is 0 Å². The summed E-state index contributed by atoms with van der Waals surface area (Å²) in [6.45, 7) is 9.58. The lowest BCUT2D eigenvalue weighted by molar-refractivity contribution is -0.438. The minimum absolute atomic E-state index is 0.0220. The van der Waals surface area contributed by atoms with Crippen molar-refractivity contribution in [1.29, 1.82) is 0 Å². The van der Waals surface area contributed by atoms with E-state index in [1.807, 2.05) is 44.2 Å². The van der Waals surface area contributed by atoms with Gasteiger partial charge >= 0.3 is 11.9 Å². The van der Waals surface area contributed by atoms with Gasteiger partial charge in [-0.25, -0.2) is 0 Å². The molecule has 0 radical (unpaired) electrons. The molecule has 0 saturated carbocycles. The number of allylic oxidation sites excluding steroid dienone is 4. The van der Waals surface area contributed by atoms with Crippen LogP contribution in [0, 0.1) is 0 Å². The van der Waals surface area contributed by atoms with E-state index >= 15 is 0 Å². The van der Waals surface area contributed by atoms with Crippen molar-refractivity contribution < 1.29 is 42.5 Å². The predicted molar refractivity (Wildman–Crippen MR) is 181 cm³/mol. The molecule has 47 heavy (non-hydrogen) atoms. The number of carbonyl (C=O) groups is 2. The molecule has 0 spiro atoms. The number of benzene rings is 2. The van der Waals surface area contributed by atoms with E-state index in [1.54, 1.807) is 6.07 Å². The number of anilines is 1. The second-order valence-electron chi connectivity index (χ2n) is 12.9. The highest BCUT2D eigenvalue weighted by molar-refractivity contribution is 7.85. The van der Waals surface area contributed by atoms with Gasteiger partial charge in [0.15, 0.2) is 5.71 Å². The second kappa shape index (κ2) is 14.5. The van der Waals surface area contributed by atoms with Crippen LogP contribution in [0.25, 0.3) is 0 Å². The molecule has 0 amide bonds. The predicted octanol–water partition coefficient (Wildman–Crippen LogP) is 5.98. The maximum Gasteiger partial charge on any atom is 0.307 e. The molecule has 2 aromatic carbocycles. The topological polar surface area (TPSA) is 155 Å². The third-order valence-electron chi connectivity index (χ3n) is 9.63. The molecule has 2 aliphatic rings. The van der Waals surface area contributed by atoms with Crippen molar-refractivity contribution >= 4 is 39.1 Å². The maximum atomic E-state index is 12.1. The van der Waals surface area contributed by atoms with E-state index in [0.29, 0.717) is 37.8 Å². The molecule has 2 aromatic rings. The number of likely N-dealkylation sites (N-methyl/N-ethyl adjacent to an activating group) is 1. The number of aliphatic hydroxyl groups excluding tert-OH is 1. The number of carboxylic acid groups (broad SMARTS) is 2. The monoisotopic (exact) mass is 667 g/mol. The minimum atomic E-state index is -4.42. The van der Waals surface area contributed by atoms with Gasteiger partial charge in [0, 0.05) is 60.5 Å². The molecule has 2 unspecified atom stereocenters. The van der Waals surface area contributed by atoms with Gasteiger partial charge in [0.2, 0.25) is 5.69 Å². The molecular weight excluding hydrogens is 620 g/mol. The van der Waals surface area contributed by atoms with Crippen LogP contribution in [0.15, 0.2) is 65.2 Å². The summed E-state index contributed by atoms with van der Waals surface area (Å²) in [5, 5.41) is 28.7. The second-order valence-corrected chi connectivity index (χ2v) is 14.3. The van der Waals surface area contributed by atoms with Crippen molar-refractivity contribution in [2.24, 2.45) is 0 Å². The van der Waals surface area contributed by atoms with Crippen LogP contribution >= 0.6 is 0 Å². The van der Waals surface area contributed by atoms with Crippen LogP contribution in [0.5, 0.6) is 0 Å². The highest BCUT2D eigenvalue weighted by Crippen LogP contribution is 2.51. The molecule has 0 aliphatic carbocycles. The third-order valence-corrected chi connectivity index (χ3v) is 10.5. The first-order valence-electron chi connectivity index (χ1n) is 16.3. The van der Waals surface area contributed by atoms with Gasteiger partial charge in [0.1, 0.15) is 6.54 Å². The Bertz CT molecular complexity index is 1730. The Balaban J connectivity index is 1.86. The Morgan fingerprint density at radius 1 is 0.936 bits per heavy atom. The average molecular weight is 668 g/mol. The quantitative estimate of drug-likeness (QED) is 0.125. The summed E-state index contributed by atoms with van der Waals surface area (Å²) in [5.41, 5.74) is 4.98. The standard InChI is InChI=1S/C36H46N2O8S/c1-5-7-20-38-30-16-14-25(23-34(42)43)22-27(30)35(3,18-9-13-33(40)41)32(38)12-8-11-31-36(4,19-10-21-39)28-24-26(47(44,45)46)15-17-29(28)37(31)6-2/h8,11-12,14-17,22,24,39H,5-7,9-10,13,18-21,23H2,1-4H3,(H2-,40,41,42,43,44,45,46)/p+1. The van der Waals surface area contributed by atoms with E-state index in [2.05, 4.69) is 29.4 Å². The zero-order valence-electron chi connectivity index (χ0n) is 27.7. The van der Waals surface area contributed by atoms with Gasteiger partial charge in [-0.15, -0.1) is 0 Å². The van der Waals surface area contributed by atoms with Gasteiger partial charge in [0.05, 0.1) is 16.7 Å². The molecule has 4 rings (SSSR count). The zero-order valence-corrected chi connectivity index (χ0v) is 28.5. The fourth-order valence-electron chi connectivity index (χ4n) is 7.26. The fraction of sp³-hybridized carbons (Fsp3) is 0.472. The number of aliphatic hydroxyl groups is 1. The Morgan fingerprint density at radius 2 is 1.66 bits per heavy atom. The van der Waals surface area contributed by atoms with Crippen LogP contribution in [0.1, 0.15) is 89.3 Å². The lowest BCUT2D eigenvalue weighted by atomic mass is 9.74. The Kier molecular flexibility index (Phi) is 11.1. The molecule has 0 fully saturated rings. The number of rotatable bonds is 16. The van der Waals surface area contributed by atoms with Crippen LogP contribution in [-0.4, -0.2) is 70.2 Å². The maximum absolute atomic E-state index is 12.1. The number of unbranched alkanes of at least 4 members (excludes halogenated alkanes) is 1. The Labute approximate surface area is 277 Å². The van der Waals surface area contributed by atoms with E-state index in [0.717, 1.165) is 53.3 Å². The van der Waals surface area contributed by atoms with E-state index in [9.17, 15) is 37.9 Å². The molecule has 254 valence electrons. The van der Waals surface area contributed by atoms with Gasteiger partial charge in [-0.1, -0.05) is 25.5 Å². The van der Waals surface area contributed by atoms with Gasteiger partial charge in [-0.2, -0.15) is 13.0 Å². The molecule has 2 aliphatic heterocycles. The van der Waals surface area contributed by atoms with Crippen LogP contribution in [0.4, 0.5) is 11.4 Å². The highest BCUT2D eigenvalue weighted by atomic mass is 32.2. The third kappa shape index (κ3) is 7.37. The molecule has 0 aromatic heterocycles. The van der Waals surface area contributed by atoms with Gasteiger partial charge in [-0.05, 0) is 87.9 Å². The summed E-state index contributed by atoms with van der Waals surface area (Å²) in [6.07, 6.45) is 9.92. The van der Waals surface area contributed by atoms with E-state index in [4.69, 9.17) is 0 Å². The number of nitrogens with zero attached hydrogens (tertiary/aromatic N) is 2. The van der Waals surface area contributed by atoms with Gasteiger partial charge < -0.3 is 20.2 Å². The van der Waals surface area contributed by atoms with Crippen LogP contribution in [0.2, 0.25) is 0 Å². The van der Waals surface area contributed by atoms with Crippen molar-refractivity contribution in [3.05, 3.63) is 77.0 Å². The highest BCUT2D eigenvalue weighted by Gasteiger charge is 2.48. The molecular formula is C36H47N2O8S+. The first-order valence-corrected chi connectivity index (χ1v) is 17.8. The minimum Gasteiger partial charge on any atom is -0.481 e. The lowest BCUT2D eigenvalue weighted by Gasteiger charge is -2.30. The molecule has 4 N–H and O–H groups in total. The molecule has 10 nitrogen and oxygen atoms in total. The molecule has 11 heteroatoms. The smallest absolute Gasteiger partial charge is 0.307 e. The SMILES string of the molecule is CCCC[N+]1=C(C=CC=C2N(CC)c3ccc(S(=O)(=O)O)cc3C2(C)CCCO)C(C)(CCCC(=O)O)c2cc(CC(=O)O)ccc21. The molecule has 2 atom stereocenters. The largest absolute Gasteiger partial charge is 0.481 e. The molecule has 2 heterocycles. The summed E-state index contributed by atoms with van der Waals surface area (Å²) < 4.78 is 36.2. The summed E-state index contributed by atoms with van der Waals surface area (Å²) in [7, 11) is -4.42. The lowest BCUT2D eigenvalue weighted by Crippen LogP contribution is -2.32. The fourth-order valence-corrected chi connectivity index (χ4v) is 7.76. The van der Waals surface area contributed by atoms with Gasteiger partial charge in [0.25, 0.3) is 10.1 Å². The van der Waals surface area contributed by atoms with E-state index in [-0.39, 0.29) is 24.3 Å². The number of hydrogen-bond donors (Lipinski definition) is 4. The summed E-state index contributed by atoms with van der Waals surface area (Å²) >= 11 is 0. The Hall–Kier alpha value is -3.80. The normalized spacial score (nSPS) is 21.6. The van der Waals surface area contributed by atoms with Crippen molar-refractivity contribution in [1.82, 2.24) is 0 Å². The van der Waals surface area contributed by atoms with E-state index in [1.165, 1.54) is 12.1 Å². The summed E-state index contributed by atoms with van der Waals surface area (Å²) in [6, 6.07) is 10.4. The number of carboxylic acids is 2. The number of aliphatic carboxylic acids is 2. The van der Waals surface area contributed by atoms with Crippen molar-refractivity contribution in [2.45, 2.75) is 94.8 Å². The molecule has 0 bridgehead atoms. The summed E-state index contributed by atoms with van der Waals surface area (Å²) in [4.78, 5) is 25.0. The Morgan fingerprint density at radius 3 is 2.28 bits per heavy atom. The number of hydrogen-bond acceptors (Lipinski definition) is 6. The molecule has 0 saturated heterocycles. The summed E-state index contributed by atoms with van der Waals surface area (Å²) in [5.74, 6) is -1.78. The number of fused-ring (bicyclic) bond motifs is 2. The first-order chi connectivity index (χ1) is 22.2. The van der Waals surface area contributed by atoms with Crippen LogP contribution in [0.3, 0.4) is 0 Å². The van der Waals surface area contributed by atoms with Crippen molar-refractivity contribution in [2.75, 3.05) is 24.6 Å². The van der Waals surface area contributed by atoms with Crippen LogP contribution < -0.4 is 4.90 Å². The van der Waals surface area contributed by atoms with Gasteiger partial charge in [-0.3, -0.25) is 14.1 Å². The van der Waals surface area contributed by atoms with Crippen molar-refractivity contribution in [3.63, 3.8) is 0 Å². The average Bonchev–Trinajstić information content (AvgIpc) is 3.38. The van der Waals surface area contributed by atoms with Crippen LogP contribution in [-0.2, 0) is 37.0 Å². The zero-order chi connectivity index (χ0) is 34.6.